The molecule has 0 atom stereocenters. The van der Waals surface area contributed by atoms with Crippen LogP contribution in [-0.4, -0.2) is 24.0 Å². The normalized spacial score (nSPS) is 10.4. The summed E-state index contributed by atoms with van der Waals surface area (Å²) >= 11 is 0. The second-order valence-corrected chi connectivity index (χ2v) is 6.23. The summed E-state index contributed by atoms with van der Waals surface area (Å²) in [5.41, 5.74) is 3.22. The van der Waals surface area contributed by atoms with Crippen LogP contribution in [-0.2, 0) is 6.61 Å². The Labute approximate surface area is 162 Å². The van der Waals surface area contributed by atoms with Gasteiger partial charge in [0.25, 0.3) is 11.8 Å². The number of hydrogen-bond donors (Lipinski definition) is 2. The molecule has 144 valence electrons. The van der Waals surface area contributed by atoms with E-state index < -0.39 is 0 Å². The first-order chi connectivity index (χ1) is 13.5. The average molecular weight is 379 g/mol. The topological polar surface area (TPSA) is 93.5 Å². The molecular formula is C21H21N3O4. The van der Waals surface area contributed by atoms with Crippen LogP contribution in [0.15, 0.2) is 53.1 Å². The Bertz CT molecular complexity index is 974. The van der Waals surface area contributed by atoms with Crippen molar-refractivity contribution in [2.75, 3.05) is 12.4 Å². The predicted octanol–water partition coefficient (Wildman–Crippen LogP) is 3.48. The molecule has 2 aromatic carbocycles. The van der Waals surface area contributed by atoms with Crippen molar-refractivity contribution in [1.82, 2.24) is 10.5 Å². The lowest BCUT2D eigenvalue weighted by atomic mass is 10.1. The minimum absolute atomic E-state index is 0.212. The molecule has 3 aromatic rings. The van der Waals surface area contributed by atoms with E-state index in [1.807, 2.05) is 13.8 Å². The van der Waals surface area contributed by atoms with Gasteiger partial charge in [-0.25, -0.2) is 0 Å². The lowest BCUT2D eigenvalue weighted by Gasteiger charge is -2.09. The Morgan fingerprint density at radius 1 is 1.04 bits per heavy atom. The number of aryl methyl sites for hydroxylation is 2. The maximum Gasteiger partial charge on any atom is 0.255 e. The Kier molecular flexibility index (Phi) is 5.74. The highest BCUT2D eigenvalue weighted by atomic mass is 16.5. The monoisotopic (exact) mass is 379 g/mol. The van der Waals surface area contributed by atoms with Gasteiger partial charge < -0.3 is 19.9 Å². The molecule has 7 nitrogen and oxygen atoms in total. The molecule has 0 bridgehead atoms. The quantitative estimate of drug-likeness (QED) is 0.684. The molecule has 1 aromatic heterocycles. The molecule has 0 unspecified atom stereocenters. The van der Waals surface area contributed by atoms with E-state index >= 15 is 0 Å². The van der Waals surface area contributed by atoms with E-state index in [1.165, 1.54) is 0 Å². The number of rotatable bonds is 6. The number of benzene rings is 2. The van der Waals surface area contributed by atoms with Crippen molar-refractivity contribution in [3.8, 4) is 5.75 Å². The van der Waals surface area contributed by atoms with Gasteiger partial charge in [-0.2, -0.15) is 0 Å². The number of anilines is 1. The molecule has 1 heterocycles. The number of amides is 2. The molecule has 0 spiro atoms. The van der Waals surface area contributed by atoms with Crippen molar-refractivity contribution in [1.29, 1.82) is 0 Å². The van der Waals surface area contributed by atoms with Crippen LogP contribution in [0, 0.1) is 13.8 Å². The van der Waals surface area contributed by atoms with Gasteiger partial charge in [0.1, 0.15) is 18.1 Å². The highest BCUT2D eigenvalue weighted by Gasteiger charge is 2.11. The summed E-state index contributed by atoms with van der Waals surface area (Å²) in [6, 6.07) is 13.6. The fraction of sp³-hybridized carbons (Fsp3) is 0.190. The van der Waals surface area contributed by atoms with Gasteiger partial charge in [0.15, 0.2) is 0 Å². The highest BCUT2D eigenvalue weighted by Crippen LogP contribution is 2.19. The third-order valence-corrected chi connectivity index (χ3v) is 4.29. The van der Waals surface area contributed by atoms with Crippen LogP contribution in [0.2, 0.25) is 0 Å². The van der Waals surface area contributed by atoms with Gasteiger partial charge in [-0.15, -0.1) is 0 Å². The summed E-state index contributed by atoms with van der Waals surface area (Å²) in [6.45, 7) is 4.05. The van der Waals surface area contributed by atoms with Crippen LogP contribution in [0.4, 0.5) is 5.69 Å². The fourth-order valence-corrected chi connectivity index (χ4v) is 2.65. The van der Waals surface area contributed by atoms with Crippen LogP contribution < -0.4 is 15.4 Å². The summed E-state index contributed by atoms with van der Waals surface area (Å²) in [5, 5.41) is 9.23. The molecule has 7 heteroatoms. The standard InChI is InChI=1S/C21H21N3O4/c1-13-19(14(2)28-24-13)12-27-18-9-7-15(8-10-18)21(26)23-17-6-4-5-16(11-17)20(25)22-3/h4-11H,12H2,1-3H3,(H,22,25)(H,23,26). The zero-order valence-corrected chi connectivity index (χ0v) is 15.9. The zero-order chi connectivity index (χ0) is 20.1. The van der Waals surface area contributed by atoms with E-state index in [1.54, 1.807) is 55.6 Å². The largest absolute Gasteiger partial charge is 0.489 e. The smallest absolute Gasteiger partial charge is 0.255 e. The van der Waals surface area contributed by atoms with Crippen LogP contribution in [0.25, 0.3) is 0 Å². The van der Waals surface area contributed by atoms with E-state index in [2.05, 4.69) is 15.8 Å². The van der Waals surface area contributed by atoms with Gasteiger partial charge in [-0.3, -0.25) is 9.59 Å². The van der Waals surface area contributed by atoms with Crippen LogP contribution >= 0.6 is 0 Å². The van der Waals surface area contributed by atoms with Gasteiger partial charge in [0.05, 0.1) is 11.3 Å². The van der Waals surface area contributed by atoms with Crippen LogP contribution in [0.3, 0.4) is 0 Å². The van der Waals surface area contributed by atoms with E-state index in [-0.39, 0.29) is 11.8 Å². The Morgan fingerprint density at radius 2 is 1.79 bits per heavy atom. The molecule has 0 fully saturated rings. The summed E-state index contributed by atoms with van der Waals surface area (Å²) in [6.07, 6.45) is 0. The first-order valence-electron chi connectivity index (χ1n) is 8.76. The Hall–Kier alpha value is -3.61. The second-order valence-electron chi connectivity index (χ2n) is 6.23. The van der Waals surface area contributed by atoms with Gasteiger partial charge in [0.2, 0.25) is 0 Å². The van der Waals surface area contributed by atoms with Gasteiger partial charge in [0, 0.05) is 23.9 Å². The van der Waals surface area contributed by atoms with Crippen molar-refractivity contribution in [2.24, 2.45) is 0 Å². The minimum atomic E-state index is -0.272. The maximum absolute atomic E-state index is 12.4. The van der Waals surface area contributed by atoms with Crippen molar-refractivity contribution >= 4 is 17.5 Å². The van der Waals surface area contributed by atoms with Crippen molar-refractivity contribution < 1.29 is 18.8 Å². The summed E-state index contributed by atoms with van der Waals surface area (Å²) in [4.78, 5) is 24.1. The van der Waals surface area contributed by atoms with E-state index in [0.29, 0.717) is 29.2 Å². The highest BCUT2D eigenvalue weighted by molar-refractivity contribution is 6.05. The van der Waals surface area contributed by atoms with E-state index in [0.717, 1.165) is 17.0 Å². The van der Waals surface area contributed by atoms with E-state index in [4.69, 9.17) is 9.26 Å². The molecule has 2 N–H and O–H groups in total. The fourth-order valence-electron chi connectivity index (χ4n) is 2.65. The summed E-state index contributed by atoms with van der Waals surface area (Å²) < 4.78 is 10.9. The summed E-state index contributed by atoms with van der Waals surface area (Å²) in [7, 11) is 1.56. The van der Waals surface area contributed by atoms with Gasteiger partial charge in [-0.05, 0) is 56.3 Å². The van der Waals surface area contributed by atoms with Gasteiger partial charge in [-0.1, -0.05) is 11.2 Å². The zero-order valence-electron chi connectivity index (χ0n) is 15.9. The number of aromatic nitrogens is 1. The first kappa shape index (κ1) is 19.2. The molecule has 0 saturated heterocycles. The number of carbonyl (C=O) groups excluding carboxylic acids is 2. The average Bonchev–Trinajstić information content (AvgIpc) is 3.03. The molecule has 0 radical (unpaired) electrons. The van der Waals surface area contributed by atoms with Crippen molar-refractivity contribution in [2.45, 2.75) is 20.5 Å². The second kappa shape index (κ2) is 8.39. The third kappa shape index (κ3) is 4.37. The van der Waals surface area contributed by atoms with Crippen LogP contribution in [0.1, 0.15) is 37.7 Å². The van der Waals surface area contributed by atoms with Crippen molar-refractivity contribution in [3.63, 3.8) is 0 Å². The number of ether oxygens (including phenoxy) is 1. The molecule has 0 saturated carbocycles. The molecule has 0 aliphatic carbocycles. The molecule has 3 rings (SSSR count). The first-order valence-corrected chi connectivity index (χ1v) is 8.76. The van der Waals surface area contributed by atoms with Gasteiger partial charge >= 0.3 is 0 Å². The molecule has 0 aliphatic heterocycles. The van der Waals surface area contributed by atoms with Crippen LogP contribution in [0.5, 0.6) is 5.75 Å². The number of nitrogens with one attached hydrogen (secondary N) is 2. The Balaban J connectivity index is 1.63. The molecule has 2 amide bonds. The predicted molar refractivity (Wildman–Crippen MR) is 105 cm³/mol. The number of nitrogens with zero attached hydrogens (tertiary/aromatic N) is 1. The molecule has 0 aliphatic rings. The minimum Gasteiger partial charge on any atom is -0.489 e. The number of hydrogen-bond acceptors (Lipinski definition) is 5. The lowest BCUT2D eigenvalue weighted by Crippen LogP contribution is -2.18. The third-order valence-electron chi connectivity index (χ3n) is 4.29. The van der Waals surface area contributed by atoms with Crippen molar-refractivity contribution in [3.05, 3.63) is 76.7 Å². The SMILES string of the molecule is CNC(=O)c1cccc(NC(=O)c2ccc(OCc3c(C)noc3C)cc2)c1. The summed E-state index contributed by atoms with van der Waals surface area (Å²) in [5.74, 6) is 0.882. The Morgan fingerprint density at radius 3 is 2.43 bits per heavy atom. The molecule has 28 heavy (non-hydrogen) atoms. The lowest BCUT2D eigenvalue weighted by molar-refractivity contribution is 0.0961. The van der Waals surface area contributed by atoms with E-state index in [9.17, 15) is 9.59 Å². The maximum atomic E-state index is 12.4. The number of carbonyl (C=O) groups is 2. The molecular weight excluding hydrogens is 358 g/mol.